The predicted molar refractivity (Wildman–Crippen MR) is 109 cm³/mol. The number of hydrogen-bond donors (Lipinski definition) is 3. The zero-order chi connectivity index (χ0) is 19.4. The van der Waals surface area contributed by atoms with E-state index in [0.29, 0.717) is 20.7 Å². The van der Waals surface area contributed by atoms with Crippen LogP contribution >= 0.6 is 27.5 Å². The molecule has 3 aromatic rings. The number of carbonyl (C=O) groups is 2. The standard InChI is InChI=1S/C19H16BrClN4O2/c1-2-11-7-9-12(10-8-11)22-19(27)16-15(20)17(25-24-16)23-18(26)13-5-3-4-6-14(13)21/h3-10H,2H2,1H3,(H,22,27)(H2,23,24,25,26). The van der Waals surface area contributed by atoms with Crippen molar-refractivity contribution in [3.8, 4) is 0 Å². The third-order valence-corrected chi connectivity index (χ3v) is 5.01. The number of hydrogen-bond acceptors (Lipinski definition) is 3. The second kappa shape index (κ2) is 8.37. The number of nitrogens with one attached hydrogen (secondary N) is 3. The van der Waals surface area contributed by atoms with Crippen molar-refractivity contribution in [2.75, 3.05) is 10.6 Å². The van der Waals surface area contributed by atoms with Crippen LogP contribution in [0, 0.1) is 0 Å². The predicted octanol–water partition coefficient (Wildman–Crippen LogP) is 4.89. The van der Waals surface area contributed by atoms with Crippen LogP contribution in [-0.4, -0.2) is 22.0 Å². The maximum absolute atomic E-state index is 12.5. The van der Waals surface area contributed by atoms with Gasteiger partial charge in [0.15, 0.2) is 5.82 Å². The second-order valence-corrected chi connectivity index (χ2v) is 6.90. The highest BCUT2D eigenvalue weighted by Crippen LogP contribution is 2.26. The van der Waals surface area contributed by atoms with E-state index in [1.165, 1.54) is 5.56 Å². The largest absolute Gasteiger partial charge is 0.321 e. The Morgan fingerprint density at radius 2 is 1.78 bits per heavy atom. The first-order valence-corrected chi connectivity index (χ1v) is 9.36. The van der Waals surface area contributed by atoms with Crippen LogP contribution in [0.1, 0.15) is 33.3 Å². The van der Waals surface area contributed by atoms with Gasteiger partial charge < -0.3 is 10.6 Å². The molecular weight excluding hydrogens is 432 g/mol. The first-order chi connectivity index (χ1) is 13.0. The molecule has 0 aliphatic carbocycles. The molecule has 1 heterocycles. The third kappa shape index (κ3) is 4.37. The van der Waals surface area contributed by atoms with E-state index in [-0.39, 0.29) is 17.4 Å². The first-order valence-electron chi connectivity index (χ1n) is 8.19. The van der Waals surface area contributed by atoms with Gasteiger partial charge in [0.25, 0.3) is 11.8 Å². The number of aromatic nitrogens is 2. The van der Waals surface area contributed by atoms with Crippen molar-refractivity contribution in [2.24, 2.45) is 0 Å². The highest BCUT2D eigenvalue weighted by Gasteiger charge is 2.20. The molecule has 138 valence electrons. The van der Waals surface area contributed by atoms with E-state index in [2.05, 4.69) is 43.7 Å². The molecule has 0 spiro atoms. The van der Waals surface area contributed by atoms with Crippen LogP contribution in [0.4, 0.5) is 11.5 Å². The number of rotatable bonds is 5. The van der Waals surface area contributed by atoms with Crippen molar-refractivity contribution in [3.05, 3.63) is 74.8 Å². The van der Waals surface area contributed by atoms with Crippen molar-refractivity contribution in [1.29, 1.82) is 0 Å². The fraction of sp³-hybridized carbons (Fsp3) is 0.105. The Morgan fingerprint density at radius 1 is 1.07 bits per heavy atom. The minimum Gasteiger partial charge on any atom is -0.321 e. The molecule has 3 N–H and O–H groups in total. The van der Waals surface area contributed by atoms with Crippen molar-refractivity contribution >= 4 is 50.9 Å². The van der Waals surface area contributed by atoms with Gasteiger partial charge in [0.1, 0.15) is 5.69 Å². The molecule has 2 amide bonds. The van der Waals surface area contributed by atoms with Crippen LogP contribution in [0.5, 0.6) is 0 Å². The molecule has 0 unspecified atom stereocenters. The molecule has 0 bridgehead atoms. The van der Waals surface area contributed by atoms with Gasteiger partial charge in [0.2, 0.25) is 0 Å². The summed E-state index contributed by atoms with van der Waals surface area (Å²) in [5.41, 5.74) is 2.36. The number of aryl methyl sites for hydroxylation is 1. The molecule has 27 heavy (non-hydrogen) atoms. The summed E-state index contributed by atoms with van der Waals surface area (Å²) in [4.78, 5) is 24.8. The summed E-state index contributed by atoms with van der Waals surface area (Å²) in [6.45, 7) is 2.06. The Labute approximate surface area is 169 Å². The lowest BCUT2D eigenvalue weighted by Crippen LogP contribution is -2.14. The number of nitrogens with zero attached hydrogens (tertiary/aromatic N) is 1. The topological polar surface area (TPSA) is 86.9 Å². The van der Waals surface area contributed by atoms with Crippen LogP contribution in [-0.2, 0) is 6.42 Å². The Bertz CT molecular complexity index is 986. The van der Waals surface area contributed by atoms with Crippen LogP contribution in [0.15, 0.2) is 53.0 Å². The van der Waals surface area contributed by atoms with Gasteiger partial charge in [-0.05, 0) is 52.2 Å². The summed E-state index contributed by atoms with van der Waals surface area (Å²) in [5, 5.41) is 12.4. The number of halogens is 2. The fourth-order valence-corrected chi connectivity index (χ4v) is 3.08. The van der Waals surface area contributed by atoms with Gasteiger partial charge in [-0.2, -0.15) is 5.10 Å². The van der Waals surface area contributed by atoms with Crippen LogP contribution in [0.25, 0.3) is 0 Å². The molecule has 0 saturated heterocycles. The van der Waals surface area contributed by atoms with Gasteiger partial charge in [-0.1, -0.05) is 42.8 Å². The highest BCUT2D eigenvalue weighted by molar-refractivity contribution is 9.10. The summed E-state index contributed by atoms with van der Waals surface area (Å²) >= 11 is 9.33. The SMILES string of the molecule is CCc1ccc(NC(=O)c2[nH]nc(NC(=O)c3ccccc3Cl)c2Br)cc1. The van der Waals surface area contributed by atoms with E-state index in [1.54, 1.807) is 24.3 Å². The summed E-state index contributed by atoms with van der Waals surface area (Å²) in [6.07, 6.45) is 0.925. The summed E-state index contributed by atoms with van der Waals surface area (Å²) in [6, 6.07) is 14.2. The lowest BCUT2D eigenvalue weighted by atomic mass is 10.1. The monoisotopic (exact) mass is 446 g/mol. The average Bonchev–Trinajstić information content (AvgIpc) is 3.03. The van der Waals surface area contributed by atoms with E-state index in [4.69, 9.17) is 11.6 Å². The quantitative estimate of drug-likeness (QED) is 0.520. The normalized spacial score (nSPS) is 10.5. The maximum Gasteiger partial charge on any atom is 0.274 e. The van der Waals surface area contributed by atoms with Crippen LogP contribution in [0.2, 0.25) is 5.02 Å². The smallest absolute Gasteiger partial charge is 0.274 e. The van der Waals surface area contributed by atoms with Crippen molar-refractivity contribution < 1.29 is 9.59 Å². The second-order valence-electron chi connectivity index (χ2n) is 5.70. The van der Waals surface area contributed by atoms with Gasteiger partial charge in [-0.3, -0.25) is 14.7 Å². The first kappa shape index (κ1) is 19.1. The minimum atomic E-state index is -0.421. The molecule has 8 heteroatoms. The molecule has 0 fully saturated rings. The average molecular weight is 448 g/mol. The highest BCUT2D eigenvalue weighted by atomic mass is 79.9. The number of H-pyrrole nitrogens is 1. The van der Waals surface area contributed by atoms with Gasteiger partial charge in [-0.25, -0.2) is 0 Å². The van der Waals surface area contributed by atoms with Crippen molar-refractivity contribution in [3.63, 3.8) is 0 Å². The Hall–Kier alpha value is -2.64. The van der Waals surface area contributed by atoms with Gasteiger partial charge in [0, 0.05) is 5.69 Å². The number of carbonyl (C=O) groups excluding carboxylic acids is 2. The minimum absolute atomic E-state index is 0.198. The fourth-order valence-electron chi connectivity index (χ4n) is 2.40. The van der Waals surface area contributed by atoms with Crippen LogP contribution in [0.3, 0.4) is 0 Å². The molecule has 6 nitrogen and oxygen atoms in total. The molecule has 0 aliphatic heterocycles. The Balaban J connectivity index is 1.73. The maximum atomic E-state index is 12.5. The van der Waals surface area contributed by atoms with E-state index < -0.39 is 5.91 Å². The third-order valence-electron chi connectivity index (χ3n) is 3.90. The zero-order valence-electron chi connectivity index (χ0n) is 14.3. The van der Waals surface area contributed by atoms with E-state index in [0.717, 1.165) is 6.42 Å². The van der Waals surface area contributed by atoms with E-state index in [9.17, 15) is 9.59 Å². The summed E-state index contributed by atoms with van der Waals surface area (Å²) in [5.74, 6) is -0.599. The summed E-state index contributed by atoms with van der Waals surface area (Å²) < 4.78 is 0.352. The Morgan fingerprint density at radius 3 is 2.44 bits per heavy atom. The number of amides is 2. The molecular formula is C19H16BrClN4O2. The zero-order valence-corrected chi connectivity index (χ0v) is 16.7. The molecule has 0 radical (unpaired) electrons. The summed E-state index contributed by atoms with van der Waals surface area (Å²) in [7, 11) is 0. The van der Waals surface area contributed by atoms with Gasteiger partial charge in [0.05, 0.1) is 15.1 Å². The lowest BCUT2D eigenvalue weighted by molar-refractivity contribution is 0.101. The van der Waals surface area contributed by atoms with Crippen LogP contribution < -0.4 is 10.6 Å². The van der Waals surface area contributed by atoms with Crippen molar-refractivity contribution in [1.82, 2.24) is 10.2 Å². The van der Waals surface area contributed by atoms with Gasteiger partial charge >= 0.3 is 0 Å². The number of aromatic amines is 1. The number of benzene rings is 2. The molecule has 1 aromatic heterocycles. The number of anilines is 2. The molecule has 0 saturated carbocycles. The molecule has 0 atom stereocenters. The molecule has 0 aliphatic rings. The van der Waals surface area contributed by atoms with E-state index >= 15 is 0 Å². The molecule has 2 aromatic carbocycles. The molecule has 3 rings (SSSR count). The van der Waals surface area contributed by atoms with Gasteiger partial charge in [-0.15, -0.1) is 0 Å². The van der Waals surface area contributed by atoms with Crippen molar-refractivity contribution in [2.45, 2.75) is 13.3 Å². The van der Waals surface area contributed by atoms with E-state index in [1.807, 2.05) is 24.3 Å². The Kier molecular flexibility index (Phi) is 5.93. The lowest BCUT2D eigenvalue weighted by Gasteiger charge is -2.06.